The fourth-order valence-corrected chi connectivity index (χ4v) is 4.42. The zero-order chi connectivity index (χ0) is 28.2. The zero-order valence-corrected chi connectivity index (χ0v) is 24.1. The van der Waals surface area contributed by atoms with Gasteiger partial charge in [0.2, 0.25) is 0 Å². The first-order chi connectivity index (χ1) is 17.4. The van der Waals surface area contributed by atoms with E-state index in [-0.39, 0.29) is 28.3 Å². The molecule has 1 aliphatic heterocycles. The van der Waals surface area contributed by atoms with E-state index in [9.17, 15) is 10.1 Å². The van der Waals surface area contributed by atoms with Crippen LogP contribution in [0.15, 0.2) is 36.4 Å². The summed E-state index contributed by atoms with van der Waals surface area (Å²) in [6, 6.07) is 11.7. The molecule has 0 saturated carbocycles. The van der Waals surface area contributed by atoms with Gasteiger partial charge in [-0.15, -0.1) is 0 Å². The van der Waals surface area contributed by atoms with Crippen molar-refractivity contribution in [1.29, 1.82) is 0 Å². The van der Waals surface area contributed by atoms with Gasteiger partial charge in [-0.05, 0) is 45.9 Å². The number of H-pyrrole nitrogens is 2. The Labute approximate surface area is 224 Å². The van der Waals surface area contributed by atoms with Crippen LogP contribution in [0, 0.1) is 10.1 Å². The Morgan fingerprint density at radius 2 is 1.39 bits per heavy atom. The summed E-state index contributed by atoms with van der Waals surface area (Å²) in [5, 5.41) is 16.6. The number of nitrogens with zero attached hydrogens (tertiary/aromatic N) is 1. The van der Waals surface area contributed by atoms with E-state index in [0.717, 1.165) is 33.6 Å². The Kier molecular flexibility index (Phi) is 6.66. The van der Waals surface area contributed by atoms with Crippen molar-refractivity contribution in [2.75, 3.05) is 5.32 Å². The van der Waals surface area contributed by atoms with Gasteiger partial charge >= 0.3 is 5.69 Å². The molecular formula is C30H40N4O4. The topological polar surface area (TPSA) is 105 Å². The van der Waals surface area contributed by atoms with Crippen molar-refractivity contribution in [2.24, 2.45) is 0 Å². The summed E-state index contributed by atoms with van der Waals surface area (Å²) in [7, 11) is 0. The molecule has 1 aliphatic rings. The third-order valence-corrected chi connectivity index (χ3v) is 6.40. The predicted octanol–water partition coefficient (Wildman–Crippen LogP) is 8.17. The van der Waals surface area contributed by atoms with Crippen molar-refractivity contribution in [1.82, 2.24) is 9.97 Å². The lowest BCUT2D eigenvalue weighted by molar-refractivity contribution is -0.385. The third kappa shape index (κ3) is 5.74. The van der Waals surface area contributed by atoms with Gasteiger partial charge in [0.1, 0.15) is 5.75 Å². The number of aromatic nitrogens is 2. The molecule has 38 heavy (non-hydrogen) atoms. The second kappa shape index (κ2) is 9.26. The average molecular weight is 521 g/mol. The van der Waals surface area contributed by atoms with Gasteiger partial charge in [0.25, 0.3) is 0 Å². The van der Waals surface area contributed by atoms with Crippen molar-refractivity contribution in [3.05, 3.63) is 57.9 Å². The molecule has 0 unspecified atom stereocenters. The molecule has 204 valence electrons. The highest BCUT2D eigenvalue weighted by Crippen LogP contribution is 2.40. The third-order valence-electron chi connectivity index (χ3n) is 6.40. The molecule has 0 fully saturated rings. The van der Waals surface area contributed by atoms with Crippen LogP contribution in [0.25, 0.3) is 21.8 Å². The van der Waals surface area contributed by atoms with Crippen molar-refractivity contribution in [2.45, 2.75) is 91.9 Å². The summed E-state index contributed by atoms with van der Waals surface area (Å²) in [6.45, 7) is 20.7. The van der Waals surface area contributed by atoms with E-state index in [0.29, 0.717) is 5.75 Å². The lowest BCUT2D eigenvalue weighted by atomic mass is 9.92. The lowest BCUT2D eigenvalue weighted by Crippen LogP contribution is -2.31. The van der Waals surface area contributed by atoms with E-state index in [4.69, 9.17) is 9.47 Å². The second-order valence-corrected chi connectivity index (χ2v) is 12.9. The van der Waals surface area contributed by atoms with Crippen LogP contribution in [0.4, 0.5) is 11.4 Å². The molecule has 0 spiro atoms. The predicted molar refractivity (Wildman–Crippen MR) is 155 cm³/mol. The minimum absolute atomic E-state index is 0.00524. The summed E-state index contributed by atoms with van der Waals surface area (Å²) < 4.78 is 11.4. The second-order valence-electron chi connectivity index (χ2n) is 12.9. The van der Waals surface area contributed by atoms with E-state index in [1.807, 2.05) is 33.8 Å². The number of nitro groups is 1. The molecule has 8 nitrogen and oxygen atoms in total. The molecule has 2 aromatic carbocycles. The zero-order valence-electron chi connectivity index (χ0n) is 24.1. The largest absolute Gasteiger partial charge is 0.484 e. The molecule has 2 aromatic heterocycles. The molecule has 0 saturated heterocycles. The molecular weight excluding hydrogens is 480 g/mol. The number of aromatic amines is 2. The van der Waals surface area contributed by atoms with Crippen LogP contribution in [0.2, 0.25) is 0 Å². The fraction of sp³-hybridized carbons (Fsp3) is 0.467. The number of fused-ring (bicyclic) bond motifs is 3. The summed E-state index contributed by atoms with van der Waals surface area (Å²) in [5.41, 5.74) is 5.16. The molecule has 8 heteroatoms. The van der Waals surface area contributed by atoms with Gasteiger partial charge in [0.15, 0.2) is 11.5 Å². The highest BCUT2D eigenvalue weighted by molar-refractivity contribution is 5.88. The van der Waals surface area contributed by atoms with Gasteiger partial charge < -0.3 is 24.8 Å². The first-order valence-corrected chi connectivity index (χ1v) is 13.1. The first kappa shape index (κ1) is 27.4. The van der Waals surface area contributed by atoms with Crippen molar-refractivity contribution >= 4 is 33.2 Å². The van der Waals surface area contributed by atoms with Gasteiger partial charge in [-0.2, -0.15) is 0 Å². The Balaban J connectivity index is 0.000000178. The number of rotatable bonds is 3. The van der Waals surface area contributed by atoms with E-state index < -0.39 is 4.92 Å². The SMILES string of the molecule is CC(C)Oc1cc2[nH]c(C(C)(C)C)cc2cc1[N+](=O)[O-].CC1(C)Nc2cc3cc(C(C)(C)C)[nH]c3cc2O1. The fourth-order valence-electron chi connectivity index (χ4n) is 4.42. The average Bonchev–Trinajstić information content (AvgIpc) is 3.43. The van der Waals surface area contributed by atoms with Crippen LogP contribution in [-0.2, 0) is 10.8 Å². The Hall–Kier alpha value is -3.68. The molecule has 3 heterocycles. The van der Waals surface area contributed by atoms with Crippen molar-refractivity contribution in [3.63, 3.8) is 0 Å². The number of benzene rings is 2. The standard InChI is InChI=1S/C15H20N2O3.C15H20N2O/c1-9(2)20-13-8-11-10(6-12(13)17(18)19)7-14(16-11)15(3,4)5;1-14(2,3)13-7-9-6-11-12(8-10(9)16-13)18-15(4,5)17-11/h6-9,16H,1-5H3;6-8,16-17H,1-5H3. The quantitative estimate of drug-likeness (QED) is 0.187. The normalized spacial score (nSPS) is 14.6. The van der Waals surface area contributed by atoms with Crippen LogP contribution in [0.5, 0.6) is 11.5 Å². The summed E-state index contributed by atoms with van der Waals surface area (Å²) >= 11 is 0. The first-order valence-electron chi connectivity index (χ1n) is 13.1. The van der Waals surface area contributed by atoms with Crippen molar-refractivity contribution < 1.29 is 14.4 Å². The summed E-state index contributed by atoms with van der Waals surface area (Å²) in [5.74, 6) is 1.23. The Morgan fingerprint density at radius 3 is 1.89 bits per heavy atom. The van der Waals surface area contributed by atoms with Crippen molar-refractivity contribution in [3.8, 4) is 11.5 Å². The molecule has 0 aliphatic carbocycles. The maximum Gasteiger partial charge on any atom is 0.311 e. The van der Waals surface area contributed by atoms with E-state index >= 15 is 0 Å². The van der Waals surface area contributed by atoms with Crippen LogP contribution in [-0.4, -0.2) is 26.7 Å². The molecule has 5 rings (SSSR count). The highest BCUT2D eigenvalue weighted by atomic mass is 16.6. The van der Waals surface area contributed by atoms with Gasteiger partial charge in [-0.3, -0.25) is 10.1 Å². The number of anilines is 1. The van der Waals surface area contributed by atoms with E-state index in [1.165, 1.54) is 11.1 Å². The van der Waals surface area contributed by atoms with E-state index in [1.54, 1.807) is 12.1 Å². The maximum absolute atomic E-state index is 11.2. The van der Waals surface area contributed by atoms with Crippen LogP contribution >= 0.6 is 0 Å². The molecule has 0 amide bonds. The number of ether oxygens (including phenoxy) is 2. The lowest BCUT2D eigenvalue weighted by Gasteiger charge is -2.17. The van der Waals surface area contributed by atoms with Crippen LogP contribution in [0.1, 0.15) is 80.6 Å². The number of nitrogens with one attached hydrogen (secondary N) is 3. The van der Waals surface area contributed by atoms with Gasteiger partial charge in [-0.1, -0.05) is 41.5 Å². The maximum atomic E-state index is 11.2. The molecule has 0 radical (unpaired) electrons. The Morgan fingerprint density at radius 1 is 0.868 bits per heavy atom. The summed E-state index contributed by atoms with van der Waals surface area (Å²) in [4.78, 5) is 17.6. The molecule has 3 N–H and O–H groups in total. The van der Waals surface area contributed by atoms with Gasteiger partial charge in [0, 0.05) is 62.2 Å². The van der Waals surface area contributed by atoms with Crippen LogP contribution < -0.4 is 14.8 Å². The monoisotopic (exact) mass is 520 g/mol. The van der Waals surface area contributed by atoms with Gasteiger partial charge in [-0.25, -0.2) is 0 Å². The molecule has 0 atom stereocenters. The van der Waals surface area contributed by atoms with Crippen LogP contribution in [0.3, 0.4) is 0 Å². The number of hydrogen-bond acceptors (Lipinski definition) is 5. The highest BCUT2D eigenvalue weighted by Gasteiger charge is 2.30. The molecule has 4 aromatic rings. The smallest absolute Gasteiger partial charge is 0.311 e. The van der Waals surface area contributed by atoms with Gasteiger partial charge in [0.05, 0.1) is 16.7 Å². The minimum atomic E-state index is -0.402. The minimum Gasteiger partial charge on any atom is -0.484 e. The molecule has 0 bridgehead atoms. The summed E-state index contributed by atoms with van der Waals surface area (Å²) in [6.07, 6.45) is -0.108. The Bertz CT molecular complexity index is 1450. The number of hydrogen-bond donors (Lipinski definition) is 3. The van der Waals surface area contributed by atoms with E-state index in [2.05, 4.69) is 75.0 Å². The number of nitro benzene ring substituents is 1.